The van der Waals surface area contributed by atoms with E-state index in [-0.39, 0.29) is 23.7 Å². The lowest BCUT2D eigenvalue weighted by Crippen LogP contribution is -2.29. The van der Waals surface area contributed by atoms with Gasteiger partial charge in [-0.3, -0.25) is 4.79 Å². The van der Waals surface area contributed by atoms with Crippen molar-refractivity contribution in [1.82, 2.24) is 9.44 Å². The van der Waals surface area contributed by atoms with E-state index in [0.717, 1.165) is 4.31 Å². The van der Waals surface area contributed by atoms with Crippen molar-refractivity contribution in [3.63, 3.8) is 0 Å². The van der Waals surface area contributed by atoms with Crippen LogP contribution in [0.1, 0.15) is 12.5 Å². The van der Waals surface area contributed by atoms with Crippen LogP contribution in [0.15, 0.2) is 18.2 Å². The summed E-state index contributed by atoms with van der Waals surface area (Å²) in [6.07, 6.45) is 0.330. The number of phenolic OH excluding ortho intramolecular Hbond substituents is 1. The van der Waals surface area contributed by atoms with E-state index in [1.165, 1.54) is 19.1 Å². The van der Waals surface area contributed by atoms with Gasteiger partial charge in [0.25, 0.3) is 5.91 Å². The predicted octanol–water partition coefficient (Wildman–Crippen LogP) is -0.945. The predicted molar refractivity (Wildman–Crippen MR) is 83.7 cm³/mol. The molecule has 1 saturated heterocycles. The lowest BCUT2D eigenvalue weighted by atomic mass is 10.1. The number of carbonyl (C=O) groups is 1. The average molecular weight is 363 g/mol. The lowest BCUT2D eigenvalue weighted by molar-refractivity contribution is -0.117. The first-order valence-corrected chi connectivity index (χ1v) is 9.86. The minimum Gasteiger partial charge on any atom is -0.506 e. The number of amides is 1. The van der Waals surface area contributed by atoms with E-state index in [2.05, 4.69) is 4.72 Å². The zero-order valence-corrected chi connectivity index (χ0v) is 13.9. The molecule has 1 fully saturated rings. The van der Waals surface area contributed by atoms with Crippen LogP contribution in [-0.2, 0) is 31.4 Å². The van der Waals surface area contributed by atoms with E-state index >= 15 is 0 Å². The summed E-state index contributed by atoms with van der Waals surface area (Å²) in [5, 5.41) is 9.99. The molecule has 0 bridgehead atoms. The molecule has 0 atom stereocenters. The van der Waals surface area contributed by atoms with Crippen molar-refractivity contribution >= 4 is 31.8 Å². The molecule has 9 nitrogen and oxygen atoms in total. The van der Waals surface area contributed by atoms with Gasteiger partial charge < -0.3 is 5.11 Å². The Labute approximate surface area is 134 Å². The van der Waals surface area contributed by atoms with Gasteiger partial charge in [-0.25, -0.2) is 22.2 Å². The smallest absolute Gasteiger partial charge is 0.326 e. The molecular weight excluding hydrogens is 346 g/mol. The molecule has 0 unspecified atom stereocenters. The molecule has 0 aromatic heterocycles. The fourth-order valence-corrected chi connectivity index (χ4v) is 3.83. The van der Waals surface area contributed by atoms with Crippen molar-refractivity contribution in [2.24, 2.45) is 0 Å². The van der Waals surface area contributed by atoms with E-state index in [1.807, 2.05) is 4.72 Å². The summed E-state index contributed by atoms with van der Waals surface area (Å²) < 4.78 is 51.1. The third-order valence-electron chi connectivity index (χ3n) is 3.24. The normalized spacial score (nSPS) is 17.3. The molecule has 1 aliphatic heterocycles. The van der Waals surface area contributed by atoms with E-state index in [0.29, 0.717) is 12.0 Å². The fraction of sp³-hybridized carbons (Fsp3) is 0.417. The van der Waals surface area contributed by atoms with Crippen LogP contribution in [0.25, 0.3) is 0 Å². The third kappa shape index (κ3) is 4.12. The first-order chi connectivity index (χ1) is 10.6. The van der Waals surface area contributed by atoms with Gasteiger partial charge in [0.15, 0.2) is 0 Å². The molecule has 128 valence electrons. The molecule has 1 aromatic carbocycles. The molecule has 1 aromatic rings. The molecule has 1 aliphatic rings. The van der Waals surface area contributed by atoms with E-state index in [1.54, 1.807) is 6.07 Å². The highest BCUT2D eigenvalue weighted by atomic mass is 32.2. The van der Waals surface area contributed by atoms with Crippen molar-refractivity contribution < 1.29 is 26.7 Å². The molecule has 2 rings (SSSR count). The van der Waals surface area contributed by atoms with Crippen LogP contribution in [0.2, 0.25) is 0 Å². The van der Waals surface area contributed by atoms with Crippen molar-refractivity contribution in [2.75, 3.05) is 23.1 Å². The van der Waals surface area contributed by atoms with Gasteiger partial charge in [-0.05, 0) is 31.0 Å². The molecule has 0 spiro atoms. The van der Waals surface area contributed by atoms with Crippen molar-refractivity contribution in [2.45, 2.75) is 13.3 Å². The van der Waals surface area contributed by atoms with Gasteiger partial charge in [-0.1, -0.05) is 6.07 Å². The minimum atomic E-state index is -3.98. The van der Waals surface area contributed by atoms with E-state index < -0.39 is 32.7 Å². The first kappa shape index (κ1) is 17.5. The summed E-state index contributed by atoms with van der Waals surface area (Å²) >= 11 is 0. The van der Waals surface area contributed by atoms with Crippen LogP contribution >= 0.6 is 0 Å². The second-order valence-electron chi connectivity index (χ2n) is 4.91. The monoisotopic (exact) mass is 363 g/mol. The Morgan fingerprint density at radius 2 is 2.09 bits per heavy atom. The number of aromatic hydroxyl groups is 1. The van der Waals surface area contributed by atoms with E-state index in [4.69, 9.17) is 0 Å². The largest absolute Gasteiger partial charge is 0.506 e. The molecule has 0 saturated carbocycles. The summed E-state index contributed by atoms with van der Waals surface area (Å²) in [4.78, 5) is 11.2. The Hall–Kier alpha value is -1.85. The molecular formula is C12H17N3O6S2. The van der Waals surface area contributed by atoms with Gasteiger partial charge in [-0.15, -0.1) is 0 Å². The van der Waals surface area contributed by atoms with Crippen LogP contribution < -0.4 is 13.7 Å². The number of nitrogens with one attached hydrogen (secondary N) is 2. The topological polar surface area (TPSA) is 133 Å². The Kier molecular flexibility index (Phi) is 4.82. The zero-order valence-electron chi connectivity index (χ0n) is 12.3. The Morgan fingerprint density at radius 3 is 2.61 bits per heavy atom. The van der Waals surface area contributed by atoms with Crippen LogP contribution in [0.4, 0.5) is 5.69 Å². The summed E-state index contributed by atoms with van der Waals surface area (Å²) in [6.45, 7) is 1.29. The Morgan fingerprint density at radius 1 is 1.39 bits per heavy atom. The van der Waals surface area contributed by atoms with Crippen molar-refractivity contribution in [3.05, 3.63) is 23.8 Å². The number of benzene rings is 1. The second kappa shape index (κ2) is 6.34. The van der Waals surface area contributed by atoms with E-state index in [9.17, 15) is 26.7 Å². The van der Waals surface area contributed by atoms with Crippen LogP contribution in [0.5, 0.6) is 5.75 Å². The van der Waals surface area contributed by atoms with Gasteiger partial charge in [0.1, 0.15) is 12.3 Å². The number of nitrogens with zero attached hydrogens (tertiary/aromatic N) is 1. The third-order valence-corrected chi connectivity index (χ3v) is 6.04. The SMILES string of the molecule is CCS(=O)(=O)NCCc1ccc(N2CC(=O)NS2(=O)=O)c(O)c1. The Bertz CT molecular complexity index is 819. The number of hydrogen-bond acceptors (Lipinski definition) is 6. The summed E-state index contributed by atoms with van der Waals surface area (Å²) in [5.41, 5.74) is 0.613. The fourth-order valence-electron chi connectivity index (χ4n) is 2.05. The highest BCUT2D eigenvalue weighted by Gasteiger charge is 2.35. The summed E-state index contributed by atoms with van der Waals surface area (Å²) in [7, 11) is -7.27. The summed E-state index contributed by atoms with van der Waals surface area (Å²) in [6, 6.07) is 4.28. The molecule has 1 amide bonds. The Balaban J connectivity index is 2.11. The first-order valence-electron chi connectivity index (χ1n) is 6.77. The molecule has 1 heterocycles. The zero-order chi connectivity index (χ0) is 17.3. The maximum Gasteiger partial charge on any atom is 0.326 e. The number of carbonyl (C=O) groups excluding carboxylic acids is 1. The van der Waals surface area contributed by atoms with Gasteiger partial charge in [-0.2, -0.15) is 8.42 Å². The number of rotatable bonds is 6. The molecule has 3 N–H and O–H groups in total. The van der Waals surface area contributed by atoms with Crippen molar-refractivity contribution in [1.29, 1.82) is 0 Å². The quantitative estimate of drug-likeness (QED) is 0.597. The highest BCUT2D eigenvalue weighted by molar-refractivity contribution is 7.92. The lowest BCUT2D eigenvalue weighted by Gasteiger charge is -2.16. The molecule has 23 heavy (non-hydrogen) atoms. The molecule has 0 aliphatic carbocycles. The van der Waals surface area contributed by atoms with Crippen molar-refractivity contribution in [3.8, 4) is 5.75 Å². The second-order valence-corrected chi connectivity index (χ2v) is 8.60. The number of anilines is 1. The van der Waals surface area contributed by atoms with Crippen LogP contribution in [0.3, 0.4) is 0 Å². The van der Waals surface area contributed by atoms with Gasteiger partial charge >= 0.3 is 10.2 Å². The number of phenols is 1. The maximum absolute atomic E-state index is 11.7. The molecule has 0 radical (unpaired) electrons. The maximum atomic E-state index is 11.7. The highest BCUT2D eigenvalue weighted by Crippen LogP contribution is 2.31. The van der Waals surface area contributed by atoms with Crippen LogP contribution in [-0.4, -0.2) is 46.7 Å². The van der Waals surface area contributed by atoms with Crippen LogP contribution in [0, 0.1) is 0 Å². The molecule has 11 heteroatoms. The van der Waals surface area contributed by atoms with Gasteiger partial charge in [0.2, 0.25) is 10.0 Å². The standard InChI is InChI=1S/C12H17N3O6S2/c1-2-22(18,19)13-6-5-9-3-4-10(11(16)7-9)15-8-12(17)14-23(15,20)21/h3-4,7,13,16H,2,5-6,8H2,1H3,(H,14,17). The average Bonchev–Trinajstić information content (AvgIpc) is 2.71. The number of sulfonamides is 1. The summed E-state index contributed by atoms with van der Waals surface area (Å²) in [5.74, 6) is -1.01. The minimum absolute atomic E-state index is 0.0127. The number of hydrogen-bond donors (Lipinski definition) is 3. The van der Waals surface area contributed by atoms with Gasteiger partial charge in [0, 0.05) is 6.54 Å². The van der Waals surface area contributed by atoms with Gasteiger partial charge in [0.05, 0.1) is 11.4 Å².